The molecule has 2 amide bonds. The number of benzene rings is 1. The number of halogens is 4. The second kappa shape index (κ2) is 11.2. The van der Waals surface area contributed by atoms with E-state index < -0.39 is 47.0 Å². The predicted octanol–water partition coefficient (Wildman–Crippen LogP) is 3.88. The molecule has 1 saturated heterocycles. The van der Waals surface area contributed by atoms with E-state index in [0.29, 0.717) is 74.8 Å². The molecule has 2 aliphatic heterocycles. The normalized spacial score (nSPS) is 21.0. The average Bonchev–Trinajstić information content (AvgIpc) is 3.68. The topological polar surface area (TPSA) is 144 Å². The fraction of sp³-hybridized carbons (Fsp3) is 0.394. The van der Waals surface area contributed by atoms with Crippen molar-refractivity contribution in [2.45, 2.75) is 49.7 Å². The SMILES string of the molecule is O=C(Cn1c2c(c(=O)n3nc(C4=CCOCC4)nc13)C1(CCN(C(=O)c3ncccc3O)CC1)C1CC21)Nc1ccc(C(F)(F)F)cc1F. The molecule has 3 aromatic heterocycles. The molecule has 2 unspecified atom stereocenters. The number of aromatic nitrogens is 5. The molecule has 4 aliphatic rings. The highest BCUT2D eigenvalue weighted by molar-refractivity contribution is 5.95. The number of alkyl halides is 3. The molecule has 2 N–H and O–H groups in total. The lowest BCUT2D eigenvalue weighted by Gasteiger charge is -2.41. The molecule has 2 aliphatic carbocycles. The van der Waals surface area contributed by atoms with Gasteiger partial charge in [0, 0.05) is 41.9 Å². The lowest BCUT2D eigenvalue weighted by Crippen LogP contribution is -2.48. The van der Waals surface area contributed by atoms with Crippen molar-refractivity contribution in [2.24, 2.45) is 5.92 Å². The van der Waals surface area contributed by atoms with Crippen molar-refractivity contribution in [1.29, 1.82) is 0 Å². The Bertz CT molecular complexity index is 2130. The van der Waals surface area contributed by atoms with Crippen LogP contribution in [0, 0.1) is 11.7 Å². The highest BCUT2D eigenvalue weighted by Crippen LogP contribution is 2.67. The Hall–Kier alpha value is -5.12. The Morgan fingerprint density at radius 1 is 1.16 bits per heavy atom. The van der Waals surface area contributed by atoms with Crippen molar-refractivity contribution in [3.8, 4) is 5.75 Å². The molecule has 254 valence electrons. The molecular weight excluding hydrogens is 650 g/mol. The number of amides is 2. The summed E-state index contributed by atoms with van der Waals surface area (Å²) in [5, 5.41) is 17.2. The van der Waals surface area contributed by atoms with Crippen molar-refractivity contribution in [3.63, 3.8) is 0 Å². The number of anilines is 1. The number of hydrogen-bond acceptors (Lipinski definition) is 8. The van der Waals surface area contributed by atoms with Gasteiger partial charge < -0.3 is 24.6 Å². The number of ether oxygens (including phenoxy) is 1. The zero-order chi connectivity index (χ0) is 34.2. The minimum atomic E-state index is -4.75. The number of likely N-dealkylation sites (tertiary alicyclic amines) is 1. The maximum Gasteiger partial charge on any atom is 0.416 e. The zero-order valence-electron chi connectivity index (χ0n) is 25.8. The van der Waals surface area contributed by atoms with Crippen LogP contribution in [0.15, 0.2) is 47.4 Å². The molecule has 0 bridgehead atoms. The molecule has 1 aromatic carbocycles. The molecule has 1 saturated carbocycles. The average molecular weight is 680 g/mol. The van der Waals surface area contributed by atoms with Gasteiger partial charge in [0.2, 0.25) is 11.7 Å². The van der Waals surface area contributed by atoms with Gasteiger partial charge in [0.05, 0.1) is 24.5 Å². The Balaban J connectivity index is 1.17. The summed E-state index contributed by atoms with van der Waals surface area (Å²) in [6.07, 6.45) is 0.670. The summed E-state index contributed by atoms with van der Waals surface area (Å²) in [6.45, 7) is 0.999. The summed E-state index contributed by atoms with van der Waals surface area (Å²) in [4.78, 5) is 51.4. The van der Waals surface area contributed by atoms with E-state index in [0.717, 1.165) is 18.1 Å². The Morgan fingerprint density at radius 3 is 2.65 bits per heavy atom. The van der Waals surface area contributed by atoms with Crippen LogP contribution in [-0.4, -0.2) is 72.3 Å². The van der Waals surface area contributed by atoms with Gasteiger partial charge in [0.1, 0.15) is 18.1 Å². The molecule has 2 fully saturated rings. The number of nitrogens with zero attached hydrogens (tertiary/aromatic N) is 6. The molecule has 49 heavy (non-hydrogen) atoms. The molecule has 2 atom stereocenters. The number of hydrogen-bond donors (Lipinski definition) is 2. The van der Waals surface area contributed by atoms with E-state index in [4.69, 9.17) is 4.74 Å². The lowest BCUT2D eigenvalue weighted by molar-refractivity contribution is -0.137. The molecule has 4 aromatic rings. The second-order valence-corrected chi connectivity index (χ2v) is 12.9. The smallest absolute Gasteiger partial charge is 0.416 e. The first-order valence-corrected chi connectivity index (χ1v) is 15.9. The van der Waals surface area contributed by atoms with E-state index in [9.17, 15) is 37.1 Å². The number of aromatic hydroxyl groups is 1. The minimum Gasteiger partial charge on any atom is -0.505 e. The zero-order valence-corrected chi connectivity index (χ0v) is 25.8. The van der Waals surface area contributed by atoms with E-state index in [1.165, 1.54) is 22.8 Å². The number of rotatable bonds is 5. The molecule has 16 heteroatoms. The molecule has 1 spiro atoms. The number of carbonyl (C=O) groups excluding carboxylic acids is 2. The minimum absolute atomic E-state index is 0.0494. The van der Waals surface area contributed by atoms with Crippen molar-refractivity contribution < 1.29 is 37.0 Å². The van der Waals surface area contributed by atoms with Crippen LogP contribution < -0.4 is 10.9 Å². The van der Waals surface area contributed by atoms with Crippen LogP contribution in [0.25, 0.3) is 11.4 Å². The fourth-order valence-corrected chi connectivity index (χ4v) is 7.81. The van der Waals surface area contributed by atoms with Gasteiger partial charge in [-0.3, -0.25) is 14.4 Å². The van der Waals surface area contributed by atoms with Gasteiger partial charge in [-0.15, -0.1) is 5.10 Å². The van der Waals surface area contributed by atoms with E-state index in [1.807, 2.05) is 6.08 Å². The van der Waals surface area contributed by atoms with Gasteiger partial charge in [0.25, 0.3) is 11.5 Å². The van der Waals surface area contributed by atoms with Gasteiger partial charge in [-0.2, -0.15) is 22.7 Å². The van der Waals surface area contributed by atoms with E-state index in [-0.39, 0.29) is 34.6 Å². The van der Waals surface area contributed by atoms with Gasteiger partial charge in [-0.05, 0) is 67.5 Å². The Labute approximate surface area is 275 Å². The summed E-state index contributed by atoms with van der Waals surface area (Å²) in [5.41, 5.74) is -0.721. The molecule has 12 nitrogen and oxygen atoms in total. The number of piperidine rings is 1. The van der Waals surface area contributed by atoms with Gasteiger partial charge >= 0.3 is 6.18 Å². The monoisotopic (exact) mass is 679 g/mol. The number of pyridine rings is 1. The quantitative estimate of drug-likeness (QED) is 0.303. The van der Waals surface area contributed by atoms with E-state index in [2.05, 4.69) is 20.4 Å². The van der Waals surface area contributed by atoms with Crippen LogP contribution in [-0.2, 0) is 27.7 Å². The molecule has 5 heterocycles. The van der Waals surface area contributed by atoms with Crippen molar-refractivity contribution >= 4 is 28.9 Å². The third-order valence-corrected chi connectivity index (χ3v) is 10.2. The number of nitrogens with one attached hydrogen (secondary N) is 1. The van der Waals surface area contributed by atoms with Crippen molar-refractivity contribution in [3.05, 3.63) is 87.1 Å². The van der Waals surface area contributed by atoms with Crippen LogP contribution >= 0.6 is 0 Å². The summed E-state index contributed by atoms with van der Waals surface area (Å²) in [7, 11) is 0. The van der Waals surface area contributed by atoms with E-state index >= 15 is 0 Å². The summed E-state index contributed by atoms with van der Waals surface area (Å²) in [5.74, 6) is -2.17. The summed E-state index contributed by atoms with van der Waals surface area (Å²) < 4.78 is 62.2. The number of carbonyl (C=O) groups is 2. The number of fused-ring (bicyclic) bond motifs is 6. The van der Waals surface area contributed by atoms with E-state index in [1.54, 1.807) is 9.47 Å². The molecular formula is C33H29F4N7O5. The third kappa shape index (κ3) is 5.07. The van der Waals surface area contributed by atoms with Crippen molar-refractivity contribution in [1.82, 2.24) is 29.0 Å². The first-order chi connectivity index (χ1) is 23.5. The summed E-state index contributed by atoms with van der Waals surface area (Å²) in [6, 6.07) is 4.79. The van der Waals surface area contributed by atoms with Crippen LogP contribution in [0.5, 0.6) is 5.75 Å². The van der Waals surface area contributed by atoms with Gasteiger partial charge in [0.15, 0.2) is 11.5 Å². The molecule has 8 rings (SSSR count). The second-order valence-electron chi connectivity index (χ2n) is 12.9. The highest BCUT2D eigenvalue weighted by Gasteiger charge is 2.64. The first-order valence-electron chi connectivity index (χ1n) is 15.9. The largest absolute Gasteiger partial charge is 0.505 e. The Kier molecular flexibility index (Phi) is 7.14. The van der Waals surface area contributed by atoms with Crippen LogP contribution in [0.2, 0.25) is 0 Å². The highest BCUT2D eigenvalue weighted by atomic mass is 19.4. The standard InChI is InChI=1S/C33H29F4N7O5/c34-21-14-18(33(35,36)37)3-4-22(21)39-24(46)16-43-27-19-15-20(19)32(7-10-42(11-8-32)30(48)26-23(45)2-1-9-38-26)25(27)29(47)44-31(43)40-28(41-44)17-5-12-49-13-6-17/h1-5,9,14,19-20,45H,6-8,10-13,15-16H2,(H,39,46). The van der Waals surface area contributed by atoms with Gasteiger partial charge in [-0.25, -0.2) is 9.37 Å². The maximum absolute atomic E-state index is 14.7. The third-order valence-electron chi connectivity index (χ3n) is 10.2. The first kappa shape index (κ1) is 31.2. The van der Waals surface area contributed by atoms with Gasteiger partial charge in [-0.1, -0.05) is 6.08 Å². The summed E-state index contributed by atoms with van der Waals surface area (Å²) >= 11 is 0. The maximum atomic E-state index is 14.7. The predicted molar refractivity (Wildman–Crippen MR) is 164 cm³/mol. The van der Waals surface area contributed by atoms with Crippen LogP contribution in [0.1, 0.15) is 64.7 Å². The van der Waals surface area contributed by atoms with Crippen LogP contribution in [0.4, 0.5) is 23.2 Å². The lowest BCUT2D eigenvalue weighted by atomic mass is 9.71. The van der Waals surface area contributed by atoms with Crippen molar-refractivity contribution in [2.75, 3.05) is 31.6 Å². The fourth-order valence-electron chi connectivity index (χ4n) is 7.81. The van der Waals surface area contributed by atoms with Crippen LogP contribution in [0.3, 0.4) is 0 Å². The molecule has 0 radical (unpaired) electrons. The Morgan fingerprint density at radius 2 is 1.96 bits per heavy atom.